The third kappa shape index (κ3) is 2.25. The molecule has 0 fully saturated rings. The van der Waals surface area contributed by atoms with Gasteiger partial charge in [-0.05, 0) is 12.5 Å². The van der Waals surface area contributed by atoms with Crippen molar-refractivity contribution in [1.82, 2.24) is 9.97 Å². The Bertz CT molecular complexity index is 215. The van der Waals surface area contributed by atoms with Crippen LogP contribution in [0, 0.1) is 0 Å². The standard InChI is InChI=1S/C8H13N3O/c9-5-7(2-4-12)8-1-3-10-6-11-8/h1,3,6-7,12H,2,4-5,9H2. The molecule has 3 N–H and O–H groups in total. The monoisotopic (exact) mass is 167 g/mol. The fraction of sp³-hybridized carbons (Fsp3) is 0.500. The number of rotatable bonds is 4. The lowest BCUT2D eigenvalue weighted by Gasteiger charge is -2.11. The number of aliphatic hydroxyl groups excluding tert-OH is 1. The molecule has 0 bridgehead atoms. The molecule has 0 amide bonds. The number of aromatic nitrogens is 2. The molecule has 4 nitrogen and oxygen atoms in total. The SMILES string of the molecule is NCC(CCO)c1ccncn1. The highest BCUT2D eigenvalue weighted by atomic mass is 16.3. The molecular formula is C8H13N3O. The minimum absolute atomic E-state index is 0.145. The van der Waals surface area contributed by atoms with Gasteiger partial charge in [0.1, 0.15) is 6.33 Å². The second-order valence-electron chi connectivity index (χ2n) is 2.58. The van der Waals surface area contributed by atoms with Gasteiger partial charge in [0.05, 0.1) is 0 Å². The molecule has 1 unspecified atom stereocenters. The van der Waals surface area contributed by atoms with Crippen molar-refractivity contribution in [3.63, 3.8) is 0 Å². The van der Waals surface area contributed by atoms with E-state index in [1.165, 1.54) is 6.33 Å². The summed E-state index contributed by atoms with van der Waals surface area (Å²) in [6.45, 7) is 0.656. The maximum atomic E-state index is 8.73. The zero-order valence-corrected chi connectivity index (χ0v) is 6.85. The minimum Gasteiger partial charge on any atom is -0.396 e. The third-order valence-corrected chi connectivity index (χ3v) is 1.79. The Balaban J connectivity index is 2.66. The quantitative estimate of drug-likeness (QED) is 0.657. The summed E-state index contributed by atoms with van der Waals surface area (Å²) in [6.07, 6.45) is 3.84. The van der Waals surface area contributed by atoms with Gasteiger partial charge in [-0.15, -0.1) is 0 Å². The Morgan fingerprint density at radius 2 is 2.42 bits per heavy atom. The Labute approximate surface area is 71.5 Å². The predicted molar refractivity (Wildman–Crippen MR) is 45.5 cm³/mol. The van der Waals surface area contributed by atoms with E-state index in [1.807, 2.05) is 6.07 Å². The van der Waals surface area contributed by atoms with Gasteiger partial charge in [0, 0.05) is 31.0 Å². The fourth-order valence-corrected chi connectivity index (χ4v) is 1.08. The van der Waals surface area contributed by atoms with Crippen molar-refractivity contribution in [3.05, 3.63) is 24.3 Å². The zero-order chi connectivity index (χ0) is 8.81. The van der Waals surface area contributed by atoms with Crippen LogP contribution in [-0.2, 0) is 0 Å². The fourth-order valence-electron chi connectivity index (χ4n) is 1.08. The summed E-state index contributed by atoms with van der Waals surface area (Å²) in [6, 6.07) is 1.83. The van der Waals surface area contributed by atoms with Gasteiger partial charge < -0.3 is 10.8 Å². The van der Waals surface area contributed by atoms with Crippen LogP contribution in [0.3, 0.4) is 0 Å². The van der Waals surface area contributed by atoms with Crippen LogP contribution in [0.15, 0.2) is 18.6 Å². The Hall–Kier alpha value is -1.00. The first-order valence-corrected chi connectivity index (χ1v) is 3.95. The summed E-state index contributed by atoms with van der Waals surface area (Å²) in [5.41, 5.74) is 6.42. The first-order chi connectivity index (χ1) is 5.88. The van der Waals surface area contributed by atoms with E-state index in [-0.39, 0.29) is 12.5 Å². The summed E-state index contributed by atoms with van der Waals surface area (Å²) in [7, 11) is 0. The van der Waals surface area contributed by atoms with Crippen LogP contribution in [0.4, 0.5) is 0 Å². The first kappa shape index (κ1) is 9.09. The molecule has 66 valence electrons. The number of hydrogen-bond acceptors (Lipinski definition) is 4. The summed E-state index contributed by atoms with van der Waals surface area (Å²) in [5.74, 6) is 0.151. The van der Waals surface area contributed by atoms with Crippen LogP contribution in [0.25, 0.3) is 0 Å². The largest absolute Gasteiger partial charge is 0.396 e. The van der Waals surface area contributed by atoms with Crippen LogP contribution in [-0.4, -0.2) is 28.2 Å². The lowest BCUT2D eigenvalue weighted by Crippen LogP contribution is -2.15. The lowest BCUT2D eigenvalue weighted by molar-refractivity contribution is 0.275. The second kappa shape index (κ2) is 4.79. The van der Waals surface area contributed by atoms with Crippen LogP contribution < -0.4 is 5.73 Å². The maximum absolute atomic E-state index is 8.73. The number of hydrogen-bond donors (Lipinski definition) is 2. The molecule has 0 aliphatic heterocycles. The Kier molecular flexibility index (Phi) is 3.63. The molecule has 0 aliphatic rings. The Morgan fingerprint density at radius 1 is 1.58 bits per heavy atom. The van der Waals surface area contributed by atoms with E-state index in [1.54, 1.807) is 6.20 Å². The second-order valence-corrected chi connectivity index (χ2v) is 2.58. The molecule has 0 saturated heterocycles. The number of nitrogens with two attached hydrogens (primary N) is 1. The highest BCUT2D eigenvalue weighted by molar-refractivity contribution is 5.05. The van der Waals surface area contributed by atoms with E-state index < -0.39 is 0 Å². The summed E-state index contributed by atoms with van der Waals surface area (Å²) < 4.78 is 0. The van der Waals surface area contributed by atoms with Crippen molar-refractivity contribution in [2.24, 2.45) is 5.73 Å². The molecular weight excluding hydrogens is 154 g/mol. The molecule has 1 aromatic heterocycles. The molecule has 0 saturated carbocycles. The summed E-state index contributed by atoms with van der Waals surface area (Å²) in [4.78, 5) is 7.87. The third-order valence-electron chi connectivity index (χ3n) is 1.79. The highest BCUT2D eigenvalue weighted by Crippen LogP contribution is 2.13. The molecule has 1 rings (SSSR count). The first-order valence-electron chi connectivity index (χ1n) is 3.95. The topological polar surface area (TPSA) is 72.0 Å². The van der Waals surface area contributed by atoms with Crippen molar-refractivity contribution >= 4 is 0 Å². The van der Waals surface area contributed by atoms with Crippen molar-refractivity contribution in [2.75, 3.05) is 13.2 Å². The van der Waals surface area contributed by atoms with Crippen molar-refractivity contribution in [2.45, 2.75) is 12.3 Å². The van der Waals surface area contributed by atoms with Gasteiger partial charge in [-0.25, -0.2) is 9.97 Å². The van der Waals surface area contributed by atoms with Crippen LogP contribution >= 0.6 is 0 Å². The highest BCUT2D eigenvalue weighted by Gasteiger charge is 2.09. The van der Waals surface area contributed by atoms with Gasteiger partial charge in [0.25, 0.3) is 0 Å². The molecule has 0 spiro atoms. The molecule has 4 heteroatoms. The van der Waals surface area contributed by atoms with E-state index in [0.717, 1.165) is 5.69 Å². The zero-order valence-electron chi connectivity index (χ0n) is 6.85. The summed E-state index contributed by atoms with van der Waals surface area (Å²) >= 11 is 0. The van der Waals surface area contributed by atoms with Crippen LogP contribution in [0.5, 0.6) is 0 Å². The van der Waals surface area contributed by atoms with Gasteiger partial charge in [0.15, 0.2) is 0 Å². The maximum Gasteiger partial charge on any atom is 0.115 e. The van der Waals surface area contributed by atoms with E-state index in [9.17, 15) is 0 Å². The smallest absolute Gasteiger partial charge is 0.115 e. The average molecular weight is 167 g/mol. The van der Waals surface area contributed by atoms with E-state index in [2.05, 4.69) is 9.97 Å². The molecule has 1 aromatic rings. The van der Waals surface area contributed by atoms with E-state index in [0.29, 0.717) is 13.0 Å². The molecule has 1 heterocycles. The lowest BCUT2D eigenvalue weighted by atomic mass is 10.0. The van der Waals surface area contributed by atoms with Gasteiger partial charge in [0.2, 0.25) is 0 Å². The van der Waals surface area contributed by atoms with Gasteiger partial charge in [-0.3, -0.25) is 0 Å². The van der Waals surface area contributed by atoms with E-state index in [4.69, 9.17) is 10.8 Å². The molecule has 12 heavy (non-hydrogen) atoms. The molecule has 0 radical (unpaired) electrons. The van der Waals surface area contributed by atoms with Crippen molar-refractivity contribution in [1.29, 1.82) is 0 Å². The van der Waals surface area contributed by atoms with Gasteiger partial charge in [-0.2, -0.15) is 0 Å². The Morgan fingerprint density at radius 3 is 2.92 bits per heavy atom. The van der Waals surface area contributed by atoms with Crippen molar-refractivity contribution in [3.8, 4) is 0 Å². The number of nitrogens with zero attached hydrogens (tertiary/aromatic N) is 2. The number of aliphatic hydroxyl groups is 1. The molecule has 0 aromatic carbocycles. The van der Waals surface area contributed by atoms with Gasteiger partial charge >= 0.3 is 0 Å². The van der Waals surface area contributed by atoms with Gasteiger partial charge in [-0.1, -0.05) is 0 Å². The normalized spacial score (nSPS) is 12.8. The average Bonchev–Trinajstić information content (AvgIpc) is 2.15. The molecule has 0 aliphatic carbocycles. The van der Waals surface area contributed by atoms with Crippen LogP contribution in [0.2, 0.25) is 0 Å². The summed E-state index contributed by atoms with van der Waals surface area (Å²) in [5, 5.41) is 8.73. The van der Waals surface area contributed by atoms with E-state index >= 15 is 0 Å². The predicted octanol–water partition coefficient (Wildman–Crippen LogP) is -0.0987. The minimum atomic E-state index is 0.145. The molecule has 1 atom stereocenters. The van der Waals surface area contributed by atoms with Crippen LogP contribution in [0.1, 0.15) is 18.0 Å². The van der Waals surface area contributed by atoms with Crippen molar-refractivity contribution < 1.29 is 5.11 Å².